The van der Waals surface area contributed by atoms with Gasteiger partial charge in [-0.25, -0.2) is 0 Å². The number of amides is 2. The molecule has 1 unspecified atom stereocenters. The van der Waals surface area contributed by atoms with E-state index in [1.807, 2.05) is 12.1 Å². The molecule has 3 rings (SSSR count). The third-order valence-electron chi connectivity index (χ3n) is 4.88. The second-order valence-corrected chi connectivity index (χ2v) is 7.48. The minimum absolute atomic E-state index is 0. The molecule has 0 heterocycles. The SMILES string of the molecule is CC(C)c1ccc(C(N)CNC(=O)c2ccc(NC(=O)C3CC3)cc2)cc1.Cl. The molecule has 5 nitrogen and oxygen atoms in total. The van der Waals surface area contributed by atoms with Crippen molar-refractivity contribution in [1.29, 1.82) is 0 Å². The average molecular weight is 402 g/mol. The minimum atomic E-state index is -0.257. The van der Waals surface area contributed by atoms with Crippen LogP contribution in [-0.2, 0) is 4.79 Å². The van der Waals surface area contributed by atoms with Crippen LogP contribution < -0.4 is 16.4 Å². The van der Waals surface area contributed by atoms with Gasteiger partial charge in [-0.3, -0.25) is 9.59 Å². The van der Waals surface area contributed by atoms with Gasteiger partial charge in [0.1, 0.15) is 0 Å². The van der Waals surface area contributed by atoms with E-state index in [2.05, 4.69) is 36.6 Å². The Morgan fingerprint density at radius 2 is 1.57 bits per heavy atom. The molecular weight excluding hydrogens is 374 g/mol. The van der Waals surface area contributed by atoms with Crippen molar-refractivity contribution in [3.63, 3.8) is 0 Å². The van der Waals surface area contributed by atoms with E-state index in [9.17, 15) is 9.59 Å². The smallest absolute Gasteiger partial charge is 0.251 e. The van der Waals surface area contributed by atoms with Crippen LogP contribution in [0.4, 0.5) is 5.69 Å². The molecule has 0 radical (unpaired) electrons. The zero-order chi connectivity index (χ0) is 19.4. The van der Waals surface area contributed by atoms with Crippen LogP contribution in [0.5, 0.6) is 0 Å². The number of nitrogens with one attached hydrogen (secondary N) is 2. The highest BCUT2D eigenvalue weighted by Crippen LogP contribution is 2.30. The number of rotatable bonds is 7. The van der Waals surface area contributed by atoms with E-state index < -0.39 is 0 Å². The van der Waals surface area contributed by atoms with Gasteiger partial charge in [-0.1, -0.05) is 38.1 Å². The quantitative estimate of drug-likeness (QED) is 0.655. The maximum atomic E-state index is 12.3. The zero-order valence-electron chi connectivity index (χ0n) is 16.3. The van der Waals surface area contributed by atoms with E-state index in [-0.39, 0.29) is 36.2 Å². The van der Waals surface area contributed by atoms with Crippen molar-refractivity contribution in [3.8, 4) is 0 Å². The Hall–Kier alpha value is -2.37. The van der Waals surface area contributed by atoms with Crippen molar-refractivity contribution in [2.75, 3.05) is 11.9 Å². The average Bonchev–Trinajstić information content (AvgIpc) is 3.52. The highest BCUT2D eigenvalue weighted by molar-refractivity contribution is 5.96. The molecule has 4 N–H and O–H groups in total. The predicted molar refractivity (Wildman–Crippen MR) is 115 cm³/mol. The van der Waals surface area contributed by atoms with Crippen LogP contribution in [-0.4, -0.2) is 18.4 Å². The van der Waals surface area contributed by atoms with Crippen molar-refractivity contribution in [2.24, 2.45) is 11.7 Å². The lowest BCUT2D eigenvalue weighted by Gasteiger charge is -2.15. The van der Waals surface area contributed by atoms with Gasteiger partial charge in [-0.05, 0) is 54.2 Å². The highest BCUT2D eigenvalue weighted by Gasteiger charge is 2.29. The monoisotopic (exact) mass is 401 g/mol. The third kappa shape index (κ3) is 5.81. The van der Waals surface area contributed by atoms with Crippen molar-refractivity contribution in [3.05, 3.63) is 65.2 Å². The van der Waals surface area contributed by atoms with Gasteiger partial charge in [-0.2, -0.15) is 0 Å². The van der Waals surface area contributed by atoms with Gasteiger partial charge in [0, 0.05) is 29.8 Å². The first-order valence-electron chi connectivity index (χ1n) is 9.48. The van der Waals surface area contributed by atoms with Gasteiger partial charge < -0.3 is 16.4 Å². The normalized spacial score (nSPS) is 14.1. The predicted octanol–water partition coefficient (Wildman–Crippen LogP) is 4.01. The van der Waals surface area contributed by atoms with Gasteiger partial charge in [0.2, 0.25) is 5.91 Å². The van der Waals surface area contributed by atoms with Crippen LogP contribution >= 0.6 is 12.4 Å². The van der Waals surface area contributed by atoms with Gasteiger partial charge in [0.15, 0.2) is 0 Å². The van der Waals surface area contributed by atoms with Gasteiger partial charge >= 0.3 is 0 Å². The summed E-state index contributed by atoms with van der Waals surface area (Å²) in [6.07, 6.45) is 1.93. The summed E-state index contributed by atoms with van der Waals surface area (Å²) in [4.78, 5) is 24.1. The zero-order valence-corrected chi connectivity index (χ0v) is 17.1. The largest absolute Gasteiger partial charge is 0.350 e. The molecule has 1 atom stereocenters. The van der Waals surface area contributed by atoms with Crippen LogP contribution in [0.15, 0.2) is 48.5 Å². The van der Waals surface area contributed by atoms with Crippen LogP contribution in [0.25, 0.3) is 0 Å². The Kier molecular flexibility index (Phi) is 7.61. The fourth-order valence-electron chi connectivity index (χ4n) is 2.85. The van der Waals surface area contributed by atoms with Crippen LogP contribution in [0.3, 0.4) is 0 Å². The fourth-order valence-corrected chi connectivity index (χ4v) is 2.85. The molecule has 0 aliphatic heterocycles. The summed E-state index contributed by atoms with van der Waals surface area (Å²) in [5, 5.41) is 5.74. The van der Waals surface area contributed by atoms with Gasteiger partial charge in [0.05, 0.1) is 0 Å². The lowest BCUT2D eigenvalue weighted by atomic mass is 9.99. The molecule has 2 aromatic carbocycles. The second-order valence-electron chi connectivity index (χ2n) is 7.48. The Morgan fingerprint density at radius 1 is 1.00 bits per heavy atom. The Morgan fingerprint density at radius 3 is 2.11 bits per heavy atom. The molecule has 1 saturated carbocycles. The fraction of sp³-hybridized carbons (Fsp3) is 0.364. The number of nitrogens with two attached hydrogens (primary N) is 1. The lowest BCUT2D eigenvalue weighted by Crippen LogP contribution is -2.31. The highest BCUT2D eigenvalue weighted by atomic mass is 35.5. The van der Waals surface area contributed by atoms with E-state index in [0.717, 1.165) is 18.4 Å². The first-order valence-corrected chi connectivity index (χ1v) is 9.48. The van der Waals surface area contributed by atoms with E-state index in [0.29, 0.717) is 23.7 Å². The summed E-state index contributed by atoms with van der Waals surface area (Å²) in [6.45, 7) is 4.66. The molecule has 0 saturated heterocycles. The van der Waals surface area contributed by atoms with Crippen LogP contribution in [0, 0.1) is 5.92 Å². The molecule has 150 valence electrons. The number of halogens is 1. The molecule has 0 aromatic heterocycles. The van der Waals surface area contributed by atoms with Crippen molar-refractivity contribution in [1.82, 2.24) is 5.32 Å². The first-order chi connectivity index (χ1) is 12.9. The summed E-state index contributed by atoms with van der Waals surface area (Å²) in [7, 11) is 0. The van der Waals surface area contributed by atoms with Gasteiger partial charge in [0.25, 0.3) is 5.91 Å². The Labute approximate surface area is 172 Å². The van der Waals surface area contributed by atoms with E-state index in [4.69, 9.17) is 5.73 Å². The number of benzene rings is 2. The second kappa shape index (κ2) is 9.71. The third-order valence-corrected chi connectivity index (χ3v) is 4.88. The number of hydrogen-bond acceptors (Lipinski definition) is 3. The van der Waals surface area contributed by atoms with E-state index in [1.165, 1.54) is 5.56 Å². The number of carbonyl (C=O) groups excluding carboxylic acids is 2. The summed E-state index contributed by atoms with van der Waals surface area (Å²) in [5.74, 6) is 0.516. The standard InChI is InChI=1S/C22H27N3O2.ClH/c1-14(2)15-3-5-16(6-4-15)20(23)13-24-21(26)17-9-11-19(12-10-17)25-22(27)18-7-8-18;/h3-6,9-12,14,18,20H,7-8,13,23H2,1-2H3,(H,24,26)(H,25,27);1H. The maximum Gasteiger partial charge on any atom is 0.251 e. The molecule has 1 fully saturated rings. The van der Waals surface area contributed by atoms with Crippen LogP contribution in [0.1, 0.15) is 60.1 Å². The van der Waals surface area contributed by atoms with Gasteiger partial charge in [-0.15, -0.1) is 12.4 Å². The molecule has 28 heavy (non-hydrogen) atoms. The summed E-state index contributed by atoms with van der Waals surface area (Å²) < 4.78 is 0. The summed E-state index contributed by atoms with van der Waals surface area (Å²) in [6, 6.07) is 14.9. The molecule has 2 aromatic rings. The maximum absolute atomic E-state index is 12.3. The molecule has 0 spiro atoms. The Balaban J connectivity index is 0.00000280. The Bertz CT molecular complexity index is 800. The van der Waals surface area contributed by atoms with E-state index in [1.54, 1.807) is 24.3 Å². The summed E-state index contributed by atoms with van der Waals surface area (Å²) >= 11 is 0. The molecule has 6 heteroatoms. The number of anilines is 1. The molecular formula is C22H28ClN3O2. The molecule has 0 bridgehead atoms. The van der Waals surface area contributed by atoms with Crippen molar-refractivity contribution in [2.45, 2.75) is 38.6 Å². The molecule has 2 amide bonds. The first kappa shape index (κ1) is 21.9. The molecule has 1 aliphatic rings. The van der Waals surface area contributed by atoms with E-state index >= 15 is 0 Å². The summed E-state index contributed by atoms with van der Waals surface area (Å²) in [5.41, 5.74) is 9.72. The van der Waals surface area contributed by atoms with Crippen molar-refractivity contribution >= 4 is 29.9 Å². The lowest BCUT2D eigenvalue weighted by molar-refractivity contribution is -0.117. The number of hydrogen-bond donors (Lipinski definition) is 3. The molecule has 1 aliphatic carbocycles. The van der Waals surface area contributed by atoms with Crippen molar-refractivity contribution < 1.29 is 9.59 Å². The number of carbonyl (C=O) groups is 2. The topological polar surface area (TPSA) is 84.2 Å². The minimum Gasteiger partial charge on any atom is -0.350 e. The van der Waals surface area contributed by atoms with Crippen LogP contribution in [0.2, 0.25) is 0 Å².